The van der Waals surface area contributed by atoms with E-state index in [1.54, 1.807) is 11.3 Å². The second-order valence-corrected chi connectivity index (χ2v) is 12.2. The number of hydrogen-bond donors (Lipinski definition) is 0. The van der Waals surface area contributed by atoms with Gasteiger partial charge >= 0.3 is 0 Å². The van der Waals surface area contributed by atoms with Crippen molar-refractivity contribution < 1.29 is 5.48 Å². The molecule has 0 bridgehead atoms. The fourth-order valence-corrected chi connectivity index (χ4v) is 11.5. The molecule has 2 saturated heterocycles. The maximum Gasteiger partial charge on any atom is 0.0367 e. The average Bonchev–Trinajstić information content (AvgIpc) is 3.18. The second kappa shape index (κ2) is 6.40. The average molecular weight is 370 g/mol. The third-order valence-electron chi connectivity index (χ3n) is 5.29. The third-order valence-corrected chi connectivity index (χ3v) is 12.3. The number of hydrogen-bond acceptors (Lipinski definition) is 1. The molecule has 0 amide bonds. The van der Waals surface area contributed by atoms with Crippen LogP contribution in [0.1, 0.15) is 33.2 Å². The van der Waals surface area contributed by atoms with Crippen LogP contribution < -0.4 is 9.92 Å². The molecule has 1 aromatic carbocycles. The highest BCUT2D eigenvalue weighted by Crippen LogP contribution is 2.55. The summed E-state index contributed by atoms with van der Waals surface area (Å²) in [6, 6.07) is 8.40. The Morgan fingerprint density at radius 3 is 2.00 bits per heavy atom. The van der Waals surface area contributed by atoms with Gasteiger partial charge in [-0.3, -0.25) is 0 Å². The van der Waals surface area contributed by atoms with E-state index in [4.69, 9.17) is 5.48 Å². The van der Waals surface area contributed by atoms with E-state index in [1.807, 2.05) is 0 Å². The van der Waals surface area contributed by atoms with Gasteiger partial charge in [-0.15, -0.1) is 11.3 Å². The number of thiophene rings is 1. The fraction of sp³-hybridized carbons (Fsp3) is 0.600. The van der Waals surface area contributed by atoms with Crippen molar-refractivity contribution in [3.05, 3.63) is 24.3 Å². The molecule has 0 aliphatic carbocycles. The zero-order valence-corrected chi connectivity index (χ0v) is 16.8. The normalized spacial score (nSPS) is 53.0. The SMILES string of the molecule is [3H]C1C(C)C(C)[C@H]([3H])P1c1sc2ccccc2c1P1C([3H])C(C)C(C)[C@@H]1[3H]. The summed E-state index contributed by atoms with van der Waals surface area (Å²) in [6.07, 6.45) is -0.833. The summed E-state index contributed by atoms with van der Waals surface area (Å²) >= 11 is 1.76. The van der Waals surface area contributed by atoms with Gasteiger partial charge < -0.3 is 0 Å². The first-order chi connectivity index (χ1) is 12.8. The smallest absolute Gasteiger partial charge is 0.0367 e. The van der Waals surface area contributed by atoms with Crippen LogP contribution in [0.2, 0.25) is 0 Å². The van der Waals surface area contributed by atoms with Crippen molar-refractivity contribution in [2.75, 3.05) is 24.6 Å². The van der Waals surface area contributed by atoms with E-state index >= 15 is 0 Å². The van der Waals surface area contributed by atoms with E-state index in [0.717, 1.165) is 0 Å². The molecule has 23 heavy (non-hydrogen) atoms. The summed E-state index contributed by atoms with van der Waals surface area (Å²) in [5.74, 6) is 0.949. The summed E-state index contributed by atoms with van der Waals surface area (Å²) in [6.45, 7) is 8.52. The molecule has 2 aliphatic rings. The van der Waals surface area contributed by atoms with Gasteiger partial charge in [0, 0.05) is 25.5 Å². The Balaban J connectivity index is 1.92. The van der Waals surface area contributed by atoms with Gasteiger partial charge in [0.1, 0.15) is 0 Å². The Kier molecular flexibility index (Phi) is 3.45. The van der Waals surface area contributed by atoms with Gasteiger partial charge in [0.25, 0.3) is 0 Å². The lowest BCUT2D eigenvalue weighted by atomic mass is 10.0. The van der Waals surface area contributed by atoms with E-state index in [1.165, 1.54) is 20.0 Å². The Morgan fingerprint density at radius 1 is 0.870 bits per heavy atom. The quantitative estimate of drug-likeness (QED) is 0.596. The second-order valence-electron chi connectivity index (χ2n) is 7.10. The van der Waals surface area contributed by atoms with Crippen LogP contribution in [0.15, 0.2) is 24.3 Å². The topological polar surface area (TPSA) is 0 Å². The highest BCUT2D eigenvalue weighted by atomic mass is 32.1. The molecule has 0 spiro atoms. The first kappa shape index (κ1) is 12.4. The summed E-state index contributed by atoms with van der Waals surface area (Å²) in [5, 5.41) is 2.43. The molecule has 4 rings (SSSR count). The highest BCUT2D eigenvalue weighted by Gasteiger charge is 2.36. The van der Waals surface area contributed by atoms with Crippen LogP contribution in [0.25, 0.3) is 10.1 Å². The third kappa shape index (κ3) is 2.92. The van der Waals surface area contributed by atoms with Crippen LogP contribution in [0.3, 0.4) is 0 Å². The van der Waals surface area contributed by atoms with Crippen LogP contribution in [-0.2, 0) is 0 Å². The molecule has 124 valence electrons. The molecule has 1 aromatic heterocycles. The van der Waals surface area contributed by atoms with Crippen LogP contribution in [-0.4, -0.2) is 24.6 Å². The van der Waals surface area contributed by atoms with Crippen molar-refractivity contribution in [3.8, 4) is 0 Å². The number of benzene rings is 1. The van der Waals surface area contributed by atoms with Crippen molar-refractivity contribution in [3.63, 3.8) is 0 Å². The highest BCUT2D eigenvalue weighted by molar-refractivity contribution is 7.78. The first-order valence-corrected chi connectivity index (χ1v) is 12.3. The predicted octanol–water partition coefficient (Wildman–Crippen LogP) is 5.69. The Hall–Kier alpha value is 0.0400. The monoisotopic (exact) mass is 370 g/mol. The minimum Gasteiger partial charge on any atom is -0.135 e. The van der Waals surface area contributed by atoms with Crippen molar-refractivity contribution in [2.45, 2.75) is 27.7 Å². The van der Waals surface area contributed by atoms with E-state index in [9.17, 15) is 0 Å². The molecule has 3 heterocycles. The Bertz CT molecular complexity index is 814. The summed E-state index contributed by atoms with van der Waals surface area (Å²) in [4.78, 5) is 0. The lowest BCUT2D eigenvalue weighted by Gasteiger charge is -2.17. The molecule has 2 fully saturated rings. The van der Waals surface area contributed by atoms with Gasteiger partial charge in [-0.25, -0.2) is 0 Å². The molecule has 0 radical (unpaired) electrons. The zero-order chi connectivity index (χ0) is 19.6. The van der Waals surface area contributed by atoms with Crippen molar-refractivity contribution >= 4 is 47.2 Å². The van der Waals surface area contributed by atoms with E-state index in [2.05, 4.69) is 52.0 Å². The van der Waals surface area contributed by atoms with Gasteiger partial charge in [0.2, 0.25) is 0 Å². The maximum atomic E-state index is 8.88. The maximum absolute atomic E-state index is 8.88. The van der Waals surface area contributed by atoms with Crippen LogP contribution in [0.4, 0.5) is 0 Å². The summed E-state index contributed by atoms with van der Waals surface area (Å²) in [7, 11) is -1.80. The van der Waals surface area contributed by atoms with Crippen LogP contribution in [0.5, 0.6) is 0 Å². The Labute approximate surface area is 153 Å². The van der Waals surface area contributed by atoms with Crippen LogP contribution >= 0.6 is 27.2 Å². The minimum atomic E-state index is -0.914. The summed E-state index contributed by atoms with van der Waals surface area (Å²) < 4.78 is 37.9. The van der Waals surface area contributed by atoms with Gasteiger partial charge in [0.05, 0.1) is 0 Å². The van der Waals surface area contributed by atoms with Gasteiger partial charge in [-0.05, 0) is 54.3 Å². The molecular formula is C20H28P2S. The number of fused-ring (bicyclic) bond motifs is 1. The fourth-order valence-electron chi connectivity index (χ4n) is 3.38. The van der Waals surface area contributed by atoms with Gasteiger partial charge in [0.15, 0.2) is 0 Å². The molecule has 0 saturated carbocycles. The molecular weight excluding hydrogens is 334 g/mol. The van der Waals surface area contributed by atoms with Crippen molar-refractivity contribution in [1.82, 2.24) is 0 Å². The molecule has 3 heteroatoms. The van der Waals surface area contributed by atoms with E-state index in [0.29, 0.717) is 0 Å². The molecule has 2 aliphatic heterocycles. The lowest BCUT2D eigenvalue weighted by molar-refractivity contribution is 0.494. The van der Waals surface area contributed by atoms with Crippen molar-refractivity contribution in [2.24, 2.45) is 23.7 Å². The molecule has 0 N–H and O–H groups in total. The predicted molar refractivity (Wildman–Crippen MR) is 111 cm³/mol. The van der Waals surface area contributed by atoms with Gasteiger partial charge in [-0.2, -0.15) is 0 Å². The van der Waals surface area contributed by atoms with Gasteiger partial charge in [-0.1, -0.05) is 61.7 Å². The first-order valence-electron chi connectivity index (χ1n) is 10.8. The lowest BCUT2D eigenvalue weighted by Crippen LogP contribution is -2.19. The number of rotatable bonds is 2. The molecule has 8 unspecified atom stereocenters. The molecule has 10 atom stereocenters. The summed E-state index contributed by atoms with van der Waals surface area (Å²) in [5.41, 5.74) is 0. The minimum absolute atomic E-state index is 0.204. The largest absolute Gasteiger partial charge is 0.135 e. The van der Waals surface area contributed by atoms with Crippen LogP contribution in [0, 0.1) is 23.7 Å². The van der Waals surface area contributed by atoms with E-state index < -0.39 is 15.8 Å². The molecule has 2 aromatic rings. The van der Waals surface area contributed by atoms with E-state index in [-0.39, 0.29) is 48.2 Å². The Morgan fingerprint density at radius 2 is 1.39 bits per heavy atom. The standard InChI is InChI=1S/C20H28P2S/c1-13-9-21(10-14(13)2)19-17-7-5-6-8-18(17)23-20(19)22-11-15(3)16(4)12-22/h5-8,13-16H,9-12H2,1-4H3/i9T,10T,11T,12T/t9-,10?,11-,12?,13?,14?,15?,16?,21?,22?/m0/s1. The zero-order valence-electron chi connectivity index (χ0n) is 18.2. The van der Waals surface area contributed by atoms with Crippen molar-refractivity contribution in [1.29, 1.82) is 0 Å². The molecule has 0 nitrogen and oxygen atoms in total.